The fourth-order valence-corrected chi connectivity index (χ4v) is 2.08. The van der Waals surface area contributed by atoms with Gasteiger partial charge in [-0.1, -0.05) is 13.8 Å². The van der Waals surface area contributed by atoms with Crippen LogP contribution in [0, 0.1) is 11.3 Å². The number of aliphatic hydroxyl groups excluding tert-OH is 1. The van der Waals surface area contributed by atoms with Gasteiger partial charge in [0.25, 0.3) is 0 Å². The molecule has 0 aliphatic carbocycles. The van der Waals surface area contributed by atoms with E-state index in [0.717, 1.165) is 6.42 Å². The summed E-state index contributed by atoms with van der Waals surface area (Å²) < 4.78 is 7.10. The van der Waals surface area contributed by atoms with Gasteiger partial charge in [0, 0.05) is 22.9 Å². The highest BCUT2D eigenvalue weighted by atomic mass is 127. The molecule has 0 spiro atoms. The molecule has 0 bridgehead atoms. The number of halogens is 1. The highest BCUT2D eigenvalue weighted by Crippen LogP contribution is 2.26. The van der Waals surface area contributed by atoms with E-state index in [1.807, 2.05) is 24.0 Å². The van der Waals surface area contributed by atoms with Crippen molar-refractivity contribution >= 4 is 28.8 Å². The molecule has 0 aliphatic rings. The molecule has 0 saturated heterocycles. The summed E-state index contributed by atoms with van der Waals surface area (Å²) in [5.74, 6) is 0.265. The highest BCUT2D eigenvalue weighted by Gasteiger charge is 2.30. The summed E-state index contributed by atoms with van der Waals surface area (Å²) in [6.07, 6.45) is 0.801. The number of hydrogen-bond donors (Lipinski definition) is 1. The van der Waals surface area contributed by atoms with Crippen molar-refractivity contribution in [3.63, 3.8) is 0 Å². The molecule has 0 aliphatic heterocycles. The summed E-state index contributed by atoms with van der Waals surface area (Å²) in [5, 5.41) is 9.12. The molecule has 0 amide bonds. The van der Waals surface area contributed by atoms with Crippen molar-refractivity contribution in [3.8, 4) is 0 Å². The number of carbonyl (C=O) groups is 1. The van der Waals surface area contributed by atoms with Gasteiger partial charge in [-0.25, -0.2) is 3.11 Å². The molecule has 0 radical (unpaired) electrons. The maximum absolute atomic E-state index is 11.9. The van der Waals surface area contributed by atoms with Crippen LogP contribution >= 0.6 is 22.9 Å². The van der Waals surface area contributed by atoms with Gasteiger partial charge in [-0.2, -0.15) is 0 Å². The van der Waals surface area contributed by atoms with E-state index in [2.05, 4.69) is 36.7 Å². The molecule has 0 aromatic heterocycles. The fourth-order valence-electron chi connectivity index (χ4n) is 1.74. The second-order valence-electron chi connectivity index (χ2n) is 5.44. The van der Waals surface area contributed by atoms with Crippen molar-refractivity contribution < 1.29 is 14.6 Å². The molecular weight excluding hydrogens is 333 g/mol. The SMILES string of the molecule is CC(C)CC(C)(C)C(=O)OCC(CO)N(C)I. The lowest BCUT2D eigenvalue weighted by Gasteiger charge is -2.26. The van der Waals surface area contributed by atoms with Gasteiger partial charge in [-0.05, 0) is 33.2 Å². The summed E-state index contributed by atoms with van der Waals surface area (Å²) >= 11 is 2.07. The minimum Gasteiger partial charge on any atom is -0.463 e. The lowest BCUT2D eigenvalue weighted by Crippen LogP contribution is -2.36. The molecule has 17 heavy (non-hydrogen) atoms. The molecule has 1 atom stereocenters. The summed E-state index contributed by atoms with van der Waals surface area (Å²) in [6, 6.07) is -0.144. The zero-order valence-corrected chi connectivity index (χ0v) is 13.5. The monoisotopic (exact) mass is 357 g/mol. The maximum atomic E-state index is 11.9. The van der Waals surface area contributed by atoms with E-state index in [1.165, 1.54) is 0 Å². The number of esters is 1. The molecule has 102 valence electrons. The van der Waals surface area contributed by atoms with Crippen molar-refractivity contribution in [1.29, 1.82) is 0 Å². The maximum Gasteiger partial charge on any atom is 0.311 e. The van der Waals surface area contributed by atoms with Gasteiger partial charge in [0.15, 0.2) is 0 Å². The number of carbonyl (C=O) groups excluding carboxylic acids is 1. The van der Waals surface area contributed by atoms with Gasteiger partial charge in [-0.15, -0.1) is 0 Å². The summed E-state index contributed by atoms with van der Waals surface area (Å²) in [6.45, 7) is 8.19. The quantitative estimate of drug-likeness (QED) is 0.431. The Morgan fingerprint density at radius 2 is 2.00 bits per heavy atom. The first kappa shape index (κ1) is 17.1. The zero-order valence-electron chi connectivity index (χ0n) is 11.4. The smallest absolute Gasteiger partial charge is 0.311 e. The second-order valence-corrected chi connectivity index (χ2v) is 6.96. The highest BCUT2D eigenvalue weighted by molar-refractivity contribution is 14.1. The lowest BCUT2D eigenvalue weighted by molar-refractivity contribution is -0.156. The molecule has 0 aromatic rings. The van der Waals surface area contributed by atoms with E-state index in [4.69, 9.17) is 9.84 Å². The third-order valence-electron chi connectivity index (χ3n) is 2.59. The molecule has 0 fully saturated rings. The van der Waals surface area contributed by atoms with Crippen molar-refractivity contribution in [2.75, 3.05) is 20.3 Å². The van der Waals surface area contributed by atoms with Crippen molar-refractivity contribution in [2.24, 2.45) is 11.3 Å². The van der Waals surface area contributed by atoms with Crippen LogP contribution in [0.1, 0.15) is 34.1 Å². The zero-order chi connectivity index (χ0) is 13.6. The Kier molecular flexibility index (Phi) is 7.58. The molecule has 0 aromatic carbocycles. The number of ether oxygens (including phenoxy) is 1. The third kappa shape index (κ3) is 6.57. The number of aliphatic hydroxyl groups is 1. The van der Waals surface area contributed by atoms with Crippen LogP contribution < -0.4 is 0 Å². The molecule has 1 N–H and O–H groups in total. The molecule has 1 unspecified atom stereocenters. The van der Waals surface area contributed by atoms with Gasteiger partial charge >= 0.3 is 5.97 Å². The molecule has 4 nitrogen and oxygen atoms in total. The lowest BCUT2D eigenvalue weighted by atomic mass is 9.84. The van der Waals surface area contributed by atoms with Gasteiger partial charge in [0.2, 0.25) is 0 Å². The van der Waals surface area contributed by atoms with Crippen LogP contribution in [0.3, 0.4) is 0 Å². The topological polar surface area (TPSA) is 49.8 Å². The van der Waals surface area contributed by atoms with Crippen LogP contribution in [0.5, 0.6) is 0 Å². The summed E-state index contributed by atoms with van der Waals surface area (Å²) in [7, 11) is 1.84. The number of nitrogens with zero attached hydrogens (tertiary/aromatic N) is 1. The minimum atomic E-state index is -0.460. The Bertz CT molecular complexity index is 242. The van der Waals surface area contributed by atoms with E-state index in [1.54, 1.807) is 0 Å². The second kappa shape index (κ2) is 7.53. The van der Waals surface area contributed by atoms with E-state index >= 15 is 0 Å². The Hall–Kier alpha value is 0.120. The first-order chi connectivity index (χ1) is 7.70. The average molecular weight is 357 g/mol. The van der Waals surface area contributed by atoms with Gasteiger partial charge < -0.3 is 9.84 Å². The third-order valence-corrected chi connectivity index (χ3v) is 3.38. The first-order valence-electron chi connectivity index (χ1n) is 5.87. The van der Waals surface area contributed by atoms with E-state index in [0.29, 0.717) is 5.92 Å². The molecule has 0 rings (SSSR count). The molecule has 0 saturated carbocycles. The van der Waals surface area contributed by atoms with E-state index in [9.17, 15) is 4.79 Å². The van der Waals surface area contributed by atoms with Crippen LogP contribution in [0.25, 0.3) is 0 Å². The van der Waals surface area contributed by atoms with Gasteiger partial charge in [0.05, 0.1) is 18.1 Å². The largest absolute Gasteiger partial charge is 0.463 e. The Labute approximate surface area is 118 Å². The predicted molar refractivity (Wildman–Crippen MR) is 76.9 cm³/mol. The van der Waals surface area contributed by atoms with Crippen LogP contribution in [-0.2, 0) is 9.53 Å². The Balaban J connectivity index is 4.25. The fraction of sp³-hybridized carbons (Fsp3) is 0.917. The van der Waals surface area contributed by atoms with Crippen molar-refractivity contribution in [3.05, 3.63) is 0 Å². The van der Waals surface area contributed by atoms with Crippen LogP contribution in [0.4, 0.5) is 0 Å². The molecule has 0 heterocycles. The van der Waals surface area contributed by atoms with E-state index < -0.39 is 5.41 Å². The Morgan fingerprint density at radius 1 is 1.47 bits per heavy atom. The summed E-state index contributed by atoms with van der Waals surface area (Å²) in [5.41, 5.74) is -0.460. The minimum absolute atomic E-state index is 0.0165. The average Bonchev–Trinajstić information content (AvgIpc) is 2.15. The van der Waals surface area contributed by atoms with Crippen LogP contribution in [-0.4, -0.2) is 40.5 Å². The van der Waals surface area contributed by atoms with Crippen molar-refractivity contribution in [1.82, 2.24) is 3.11 Å². The van der Waals surface area contributed by atoms with Crippen LogP contribution in [0.2, 0.25) is 0 Å². The number of rotatable bonds is 7. The number of hydrogen-bond acceptors (Lipinski definition) is 4. The number of likely N-dealkylation sites (N-methyl/N-ethyl adjacent to an activating group) is 1. The molecular formula is C12H24INO3. The standard InChI is InChI=1S/C12H24INO3/c1-9(2)6-12(3,4)11(16)17-8-10(7-15)14(5)13/h9-10,15H,6-8H2,1-5H3. The normalized spacial score (nSPS) is 14.2. The van der Waals surface area contributed by atoms with E-state index in [-0.39, 0.29) is 25.2 Å². The Morgan fingerprint density at radius 3 is 2.35 bits per heavy atom. The van der Waals surface area contributed by atoms with Gasteiger partial charge in [-0.3, -0.25) is 4.79 Å². The van der Waals surface area contributed by atoms with Gasteiger partial charge in [0.1, 0.15) is 6.61 Å². The summed E-state index contributed by atoms with van der Waals surface area (Å²) in [4.78, 5) is 11.9. The predicted octanol–water partition coefficient (Wildman–Crippen LogP) is 2.24. The van der Waals surface area contributed by atoms with Crippen LogP contribution in [0.15, 0.2) is 0 Å². The first-order valence-corrected chi connectivity index (χ1v) is 6.84. The molecule has 5 heteroatoms. The van der Waals surface area contributed by atoms with Crippen molar-refractivity contribution in [2.45, 2.75) is 40.2 Å².